The molecule has 0 aliphatic rings. The van der Waals surface area contributed by atoms with Crippen LogP contribution in [-0.4, -0.2) is 39.3 Å². The molecule has 0 heterocycles. The number of sulfonamides is 1. The van der Waals surface area contributed by atoms with Gasteiger partial charge in [-0.25, -0.2) is 12.7 Å². The van der Waals surface area contributed by atoms with Crippen molar-refractivity contribution in [3.63, 3.8) is 0 Å². The van der Waals surface area contributed by atoms with Gasteiger partial charge in [0.25, 0.3) is 0 Å². The Kier molecular flexibility index (Phi) is 6.98. The Morgan fingerprint density at radius 1 is 1.11 bits per heavy atom. The Morgan fingerprint density at radius 2 is 1.78 bits per heavy atom. The molecule has 0 aliphatic carbocycles. The first-order chi connectivity index (χ1) is 12.7. The summed E-state index contributed by atoms with van der Waals surface area (Å²) < 4.78 is 31.6. The van der Waals surface area contributed by atoms with Crippen molar-refractivity contribution in [1.29, 1.82) is 0 Å². The Hall–Kier alpha value is -2.38. The molecule has 7 heteroatoms. The lowest BCUT2D eigenvalue weighted by Gasteiger charge is -2.16. The average molecular weight is 391 g/mol. The van der Waals surface area contributed by atoms with Crippen LogP contribution in [0.5, 0.6) is 5.75 Å². The summed E-state index contributed by atoms with van der Waals surface area (Å²) in [6.45, 7) is 4.15. The van der Waals surface area contributed by atoms with Crippen molar-refractivity contribution in [1.82, 2.24) is 4.31 Å². The number of nitrogens with zero attached hydrogens (tertiary/aromatic N) is 1. The van der Waals surface area contributed by atoms with Gasteiger partial charge in [-0.05, 0) is 44.0 Å². The minimum Gasteiger partial charge on any atom is -0.492 e. The van der Waals surface area contributed by atoms with Gasteiger partial charge in [-0.15, -0.1) is 0 Å². The van der Waals surface area contributed by atoms with Crippen LogP contribution in [0.3, 0.4) is 0 Å². The fourth-order valence-corrected chi connectivity index (χ4v) is 3.55. The van der Waals surface area contributed by atoms with Crippen molar-refractivity contribution in [2.45, 2.75) is 31.6 Å². The van der Waals surface area contributed by atoms with E-state index in [1.807, 2.05) is 31.2 Å². The first-order valence-electron chi connectivity index (χ1n) is 8.78. The highest BCUT2D eigenvalue weighted by atomic mass is 32.2. The maximum Gasteiger partial charge on any atom is 0.246 e. The molecule has 0 aliphatic heterocycles. The Bertz CT molecular complexity index is 891. The van der Waals surface area contributed by atoms with Crippen LogP contribution in [0.1, 0.15) is 24.5 Å². The van der Waals surface area contributed by atoms with Crippen molar-refractivity contribution in [2.75, 3.05) is 26.0 Å². The van der Waals surface area contributed by atoms with Gasteiger partial charge in [0.05, 0.1) is 6.61 Å². The highest BCUT2D eigenvalue weighted by Crippen LogP contribution is 2.29. The molecule has 0 atom stereocenters. The van der Waals surface area contributed by atoms with Gasteiger partial charge in [0.15, 0.2) is 0 Å². The quantitative estimate of drug-likeness (QED) is 0.751. The van der Waals surface area contributed by atoms with Gasteiger partial charge in [-0.1, -0.05) is 29.8 Å². The summed E-state index contributed by atoms with van der Waals surface area (Å²) in [6, 6.07) is 12.7. The monoisotopic (exact) mass is 390 g/mol. The number of carbonyl (C=O) groups is 1. The number of anilines is 1. The van der Waals surface area contributed by atoms with Crippen LogP contribution in [0, 0.1) is 6.92 Å². The molecule has 0 bridgehead atoms. The fourth-order valence-electron chi connectivity index (χ4n) is 2.49. The van der Waals surface area contributed by atoms with E-state index in [-0.39, 0.29) is 16.6 Å². The van der Waals surface area contributed by atoms with E-state index in [0.29, 0.717) is 25.1 Å². The topological polar surface area (TPSA) is 75.7 Å². The lowest BCUT2D eigenvalue weighted by Crippen LogP contribution is -2.23. The summed E-state index contributed by atoms with van der Waals surface area (Å²) in [5, 5.41) is 2.77. The minimum atomic E-state index is -3.69. The number of amides is 1. The van der Waals surface area contributed by atoms with Gasteiger partial charge in [0.1, 0.15) is 10.6 Å². The molecule has 1 N–H and O–H groups in total. The number of carbonyl (C=O) groups excluding carboxylic acids is 1. The van der Waals surface area contributed by atoms with E-state index in [4.69, 9.17) is 4.74 Å². The summed E-state index contributed by atoms with van der Waals surface area (Å²) in [5.74, 6) is 0.0943. The first-order valence-corrected chi connectivity index (χ1v) is 10.2. The predicted octanol–water partition coefficient (Wildman–Crippen LogP) is 3.22. The molecule has 146 valence electrons. The maximum absolute atomic E-state index is 12.5. The normalized spacial score (nSPS) is 11.4. The van der Waals surface area contributed by atoms with Gasteiger partial charge in [-0.2, -0.15) is 0 Å². The molecule has 6 nitrogen and oxygen atoms in total. The summed E-state index contributed by atoms with van der Waals surface area (Å²) >= 11 is 0. The van der Waals surface area contributed by atoms with E-state index in [9.17, 15) is 13.2 Å². The van der Waals surface area contributed by atoms with Crippen LogP contribution in [0.25, 0.3) is 0 Å². The van der Waals surface area contributed by atoms with Gasteiger partial charge < -0.3 is 10.1 Å². The SMILES string of the molecule is CCOc1ccc(NC(=O)CCc2ccc(C)cc2)cc1S(=O)(=O)N(C)C. The minimum absolute atomic E-state index is 0.0330. The van der Waals surface area contributed by atoms with E-state index in [0.717, 1.165) is 9.87 Å². The molecule has 0 saturated heterocycles. The molecular weight excluding hydrogens is 364 g/mol. The van der Waals surface area contributed by atoms with Crippen LogP contribution in [0.4, 0.5) is 5.69 Å². The Morgan fingerprint density at radius 3 is 2.37 bits per heavy atom. The van der Waals surface area contributed by atoms with Gasteiger partial charge in [0.2, 0.25) is 15.9 Å². The second-order valence-electron chi connectivity index (χ2n) is 6.42. The van der Waals surface area contributed by atoms with Crippen LogP contribution < -0.4 is 10.1 Å². The van der Waals surface area contributed by atoms with Gasteiger partial charge >= 0.3 is 0 Å². The number of benzene rings is 2. The molecule has 2 aromatic rings. The second kappa shape index (κ2) is 9.01. The largest absolute Gasteiger partial charge is 0.492 e. The third-order valence-electron chi connectivity index (χ3n) is 4.05. The van der Waals surface area contributed by atoms with Crippen LogP contribution >= 0.6 is 0 Å². The standard InChI is InChI=1S/C20H26N2O4S/c1-5-26-18-12-11-17(14-19(18)27(24,25)22(3)4)21-20(23)13-10-16-8-6-15(2)7-9-16/h6-9,11-12,14H,5,10,13H2,1-4H3,(H,21,23). The molecule has 0 radical (unpaired) electrons. The van der Waals surface area contributed by atoms with E-state index in [1.165, 1.54) is 25.7 Å². The summed E-state index contributed by atoms with van der Waals surface area (Å²) in [5.41, 5.74) is 2.68. The van der Waals surface area contributed by atoms with Crippen molar-refractivity contribution >= 4 is 21.6 Å². The molecule has 0 saturated carbocycles. The zero-order valence-corrected chi connectivity index (χ0v) is 17.0. The number of hydrogen-bond acceptors (Lipinski definition) is 4. The number of ether oxygens (including phenoxy) is 1. The zero-order chi connectivity index (χ0) is 20.0. The Labute approximate surface area is 161 Å². The van der Waals surface area contributed by atoms with Crippen LogP contribution in [0.15, 0.2) is 47.4 Å². The molecule has 0 fully saturated rings. The number of hydrogen-bond donors (Lipinski definition) is 1. The van der Waals surface area contributed by atoms with Crippen LogP contribution in [-0.2, 0) is 21.2 Å². The van der Waals surface area contributed by atoms with Gasteiger partial charge in [-0.3, -0.25) is 4.79 Å². The van der Waals surface area contributed by atoms with E-state index in [1.54, 1.807) is 19.1 Å². The maximum atomic E-state index is 12.5. The van der Waals surface area contributed by atoms with E-state index >= 15 is 0 Å². The van der Waals surface area contributed by atoms with Crippen molar-refractivity contribution in [2.24, 2.45) is 0 Å². The Balaban J connectivity index is 2.13. The molecule has 2 rings (SSSR count). The van der Waals surface area contributed by atoms with E-state index < -0.39 is 10.0 Å². The lowest BCUT2D eigenvalue weighted by molar-refractivity contribution is -0.116. The summed E-state index contributed by atoms with van der Waals surface area (Å²) in [6.07, 6.45) is 0.929. The molecule has 0 aromatic heterocycles. The number of nitrogens with one attached hydrogen (secondary N) is 1. The zero-order valence-electron chi connectivity index (χ0n) is 16.2. The fraction of sp³-hybridized carbons (Fsp3) is 0.350. The molecule has 27 heavy (non-hydrogen) atoms. The summed E-state index contributed by atoms with van der Waals surface area (Å²) in [4.78, 5) is 12.3. The molecule has 0 unspecified atom stereocenters. The third kappa shape index (κ3) is 5.55. The highest BCUT2D eigenvalue weighted by molar-refractivity contribution is 7.89. The second-order valence-corrected chi connectivity index (χ2v) is 8.54. The third-order valence-corrected chi connectivity index (χ3v) is 5.88. The molecular formula is C20H26N2O4S. The average Bonchev–Trinajstić information content (AvgIpc) is 2.62. The molecule has 2 aromatic carbocycles. The van der Waals surface area contributed by atoms with Crippen LogP contribution in [0.2, 0.25) is 0 Å². The molecule has 0 spiro atoms. The van der Waals surface area contributed by atoms with Crippen molar-refractivity contribution in [3.05, 3.63) is 53.6 Å². The number of aryl methyl sites for hydroxylation is 2. The van der Waals surface area contributed by atoms with Crippen molar-refractivity contribution < 1.29 is 17.9 Å². The number of rotatable bonds is 8. The van der Waals surface area contributed by atoms with Crippen molar-refractivity contribution in [3.8, 4) is 5.75 Å². The molecule has 1 amide bonds. The predicted molar refractivity (Wildman–Crippen MR) is 107 cm³/mol. The lowest BCUT2D eigenvalue weighted by atomic mass is 10.1. The first kappa shape index (κ1) is 20.9. The summed E-state index contributed by atoms with van der Waals surface area (Å²) in [7, 11) is -0.778. The smallest absolute Gasteiger partial charge is 0.246 e. The van der Waals surface area contributed by atoms with Gasteiger partial charge in [0, 0.05) is 26.2 Å². The highest BCUT2D eigenvalue weighted by Gasteiger charge is 2.23. The van der Waals surface area contributed by atoms with E-state index in [2.05, 4.69) is 5.32 Å².